The summed E-state index contributed by atoms with van der Waals surface area (Å²) < 4.78 is 2.93. The average Bonchev–Trinajstić information content (AvgIpc) is 2.63. The van der Waals surface area contributed by atoms with Crippen LogP contribution >= 0.6 is 15.9 Å². The van der Waals surface area contributed by atoms with E-state index in [9.17, 15) is 0 Å². The third-order valence-electron chi connectivity index (χ3n) is 1.99. The van der Waals surface area contributed by atoms with Gasteiger partial charge in [0.05, 0.1) is 0 Å². The fourth-order valence-electron chi connectivity index (χ4n) is 1.15. The molecule has 0 saturated heterocycles. The second-order valence-electron chi connectivity index (χ2n) is 3.36. The minimum absolute atomic E-state index is 0.480. The number of aryl methyl sites for hydroxylation is 1. The molecule has 4 heteroatoms. The lowest BCUT2D eigenvalue weighted by atomic mass is 10.2. The highest BCUT2D eigenvalue weighted by molar-refractivity contribution is 9.11. The Morgan fingerprint density at radius 2 is 2.50 bits per heavy atom. The standard InChI is InChI=1S/C10H16BrN3/c1-9(11)8-12-10(2)4-7-14-6-3-5-13-14/h3,5-6,10,12H,1,4,7-8H2,2H3. The molecule has 78 valence electrons. The molecule has 1 aromatic rings. The van der Waals surface area contributed by atoms with Gasteiger partial charge >= 0.3 is 0 Å². The Morgan fingerprint density at radius 3 is 3.07 bits per heavy atom. The molecule has 0 aliphatic heterocycles. The Kier molecular flexibility index (Phi) is 4.90. The Hall–Kier alpha value is -0.610. The van der Waals surface area contributed by atoms with E-state index in [0.29, 0.717) is 6.04 Å². The third kappa shape index (κ3) is 4.58. The molecule has 0 bridgehead atoms. The van der Waals surface area contributed by atoms with Gasteiger partial charge in [-0.05, 0) is 19.4 Å². The predicted octanol–water partition coefficient (Wildman–Crippen LogP) is 2.16. The van der Waals surface area contributed by atoms with Crippen LogP contribution in [0.4, 0.5) is 0 Å². The second-order valence-corrected chi connectivity index (χ2v) is 4.48. The summed E-state index contributed by atoms with van der Waals surface area (Å²) in [6.45, 7) is 7.71. The fraction of sp³-hybridized carbons (Fsp3) is 0.500. The summed E-state index contributed by atoms with van der Waals surface area (Å²) >= 11 is 3.32. The first-order valence-corrected chi connectivity index (χ1v) is 5.52. The van der Waals surface area contributed by atoms with Crippen LogP contribution in [0.1, 0.15) is 13.3 Å². The van der Waals surface area contributed by atoms with Crippen LogP contribution in [0.15, 0.2) is 29.5 Å². The van der Waals surface area contributed by atoms with Crippen LogP contribution < -0.4 is 5.32 Å². The summed E-state index contributed by atoms with van der Waals surface area (Å²) in [6, 6.07) is 2.42. The topological polar surface area (TPSA) is 29.9 Å². The highest BCUT2D eigenvalue weighted by Gasteiger charge is 2.01. The highest BCUT2D eigenvalue weighted by Crippen LogP contribution is 2.00. The van der Waals surface area contributed by atoms with Crippen molar-refractivity contribution < 1.29 is 0 Å². The maximum atomic E-state index is 4.15. The molecule has 0 saturated carbocycles. The summed E-state index contributed by atoms with van der Waals surface area (Å²) in [5, 5.41) is 7.50. The molecule has 0 spiro atoms. The molecule has 1 heterocycles. The van der Waals surface area contributed by atoms with Gasteiger partial charge in [0.1, 0.15) is 0 Å². The van der Waals surface area contributed by atoms with Gasteiger partial charge in [0.15, 0.2) is 0 Å². The molecule has 1 atom stereocenters. The largest absolute Gasteiger partial charge is 0.310 e. The molecular weight excluding hydrogens is 242 g/mol. The quantitative estimate of drug-likeness (QED) is 0.847. The van der Waals surface area contributed by atoms with Crippen LogP contribution in [0, 0.1) is 0 Å². The average molecular weight is 258 g/mol. The van der Waals surface area contributed by atoms with Crippen molar-refractivity contribution in [2.75, 3.05) is 6.54 Å². The van der Waals surface area contributed by atoms with E-state index in [1.54, 1.807) is 6.20 Å². The Labute approximate surface area is 93.3 Å². The van der Waals surface area contributed by atoms with Crippen LogP contribution in [0.3, 0.4) is 0 Å². The van der Waals surface area contributed by atoms with Crippen molar-refractivity contribution in [2.24, 2.45) is 0 Å². The maximum absolute atomic E-state index is 4.15. The van der Waals surface area contributed by atoms with Gasteiger partial charge < -0.3 is 5.32 Å². The summed E-state index contributed by atoms with van der Waals surface area (Å²) in [6.07, 6.45) is 4.86. The summed E-state index contributed by atoms with van der Waals surface area (Å²) in [4.78, 5) is 0. The molecule has 1 unspecified atom stereocenters. The zero-order chi connectivity index (χ0) is 10.4. The number of hydrogen-bond donors (Lipinski definition) is 1. The maximum Gasteiger partial charge on any atom is 0.0489 e. The lowest BCUT2D eigenvalue weighted by molar-refractivity contribution is 0.473. The van der Waals surface area contributed by atoms with E-state index in [2.05, 4.69) is 39.8 Å². The Bertz CT molecular complexity index is 269. The van der Waals surface area contributed by atoms with Gasteiger partial charge in [-0.15, -0.1) is 0 Å². The van der Waals surface area contributed by atoms with Crippen LogP contribution in [-0.4, -0.2) is 22.4 Å². The number of halogens is 1. The van der Waals surface area contributed by atoms with Crippen molar-refractivity contribution in [3.05, 3.63) is 29.5 Å². The van der Waals surface area contributed by atoms with Gasteiger partial charge in [0, 0.05) is 36.0 Å². The van der Waals surface area contributed by atoms with Crippen molar-refractivity contribution >= 4 is 15.9 Å². The van der Waals surface area contributed by atoms with Crippen LogP contribution in [-0.2, 0) is 6.54 Å². The van der Waals surface area contributed by atoms with Gasteiger partial charge in [-0.2, -0.15) is 5.10 Å². The smallest absolute Gasteiger partial charge is 0.0489 e. The van der Waals surface area contributed by atoms with Crippen molar-refractivity contribution in [2.45, 2.75) is 25.9 Å². The molecule has 0 fully saturated rings. The first-order chi connectivity index (χ1) is 6.68. The number of aromatic nitrogens is 2. The van der Waals surface area contributed by atoms with Crippen molar-refractivity contribution in [1.29, 1.82) is 0 Å². The SMILES string of the molecule is C=C(Br)CNC(C)CCn1cccn1. The predicted molar refractivity (Wildman–Crippen MR) is 62.4 cm³/mol. The van der Waals surface area contributed by atoms with E-state index < -0.39 is 0 Å². The lowest BCUT2D eigenvalue weighted by Crippen LogP contribution is -2.28. The van der Waals surface area contributed by atoms with E-state index in [4.69, 9.17) is 0 Å². The van der Waals surface area contributed by atoms with Gasteiger partial charge in [-0.25, -0.2) is 0 Å². The summed E-state index contributed by atoms with van der Waals surface area (Å²) in [5.74, 6) is 0. The van der Waals surface area contributed by atoms with Crippen molar-refractivity contribution in [1.82, 2.24) is 15.1 Å². The van der Waals surface area contributed by atoms with Gasteiger partial charge in [0.2, 0.25) is 0 Å². The van der Waals surface area contributed by atoms with Crippen molar-refractivity contribution in [3.63, 3.8) is 0 Å². The second kappa shape index (κ2) is 5.98. The zero-order valence-corrected chi connectivity index (χ0v) is 10.00. The molecule has 0 aliphatic carbocycles. The minimum Gasteiger partial charge on any atom is -0.310 e. The van der Waals surface area contributed by atoms with Crippen LogP contribution in [0.5, 0.6) is 0 Å². The molecule has 1 rings (SSSR count). The fourth-order valence-corrected chi connectivity index (χ4v) is 1.31. The lowest BCUT2D eigenvalue weighted by Gasteiger charge is -2.12. The molecule has 3 nitrogen and oxygen atoms in total. The number of nitrogens with zero attached hydrogens (tertiary/aromatic N) is 2. The van der Waals surface area contributed by atoms with E-state index in [1.165, 1.54) is 0 Å². The highest BCUT2D eigenvalue weighted by atomic mass is 79.9. The van der Waals surface area contributed by atoms with Gasteiger partial charge in [0.25, 0.3) is 0 Å². The molecule has 0 aliphatic rings. The van der Waals surface area contributed by atoms with E-state index in [1.807, 2.05) is 16.9 Å². The number of hydrogen-bond acceptors (Lipinski definition) is 2. The molecule has 1 N–H and O–H groups in total. The third-order valence-corrected chi connectivity index (χ3v) is 2.27. The van der Waals surface area contributed by atoms with E-state index in [-0.39, 0.29) is 0 Å². The molecular formula is C10H16BrN3. The molecule has 0 radical (unpaired) electrons. The van der Waals surface area contributed by atoms with Crippen LogP contribution in [0.2, 0.25) is 0 Å². The first kappa shape index (κ1) is 11.5. The Morgan fingerprint density at radius 1 is 1.71 bits per heavy atom. The van der Waals surface area contributed by atoms with Crippen LogP contribution in [0.25, 0.3) is 0 Å². The molecule has 14 heavy (non-hydrogen) atoms. The van der Waals surface area contributed by atoms with E-state index in [0.717, 1.165) is 24.0 Å². The minimum atomic E-state index is 0.480. The normalized spacial score (nSPS) is 12.7. The van der Waals surface area contributed by atoms with Crippen molar-refractivity contribution in [3.8, 4) is 0 Å². The molecule has 0 aromatic carbocycles. The summed E-state index contributed by atoms with van der Waals surface area (Å²) in [7, 11) is 0. The first-order valence-electron chi connectivity index (χ1n) is 4.72. The molecule has 0 amide bonds. The number of nitrogens with one attached hydrogen (secondary N) is 1. The zero-order valence-electron chi connectivity index (χ0n) is 8.41. The molecule has 1 aromatic heterocycles. The number of rotatable bonds is 6. The van der Waals surface area contributed by atoms with Gasteiger partial charge in [-0.3, -0.25) is 4.68 Å². The summed E-state index contributed by atoms with van der Waals surface area (Å²) in [5.41, 5.74) is 0. The Balaban J connectivity index is 2.15. The van der Waals surface area contributed by atoms with Gasteiger partial charge in [-0.1, -0.05) is 22.5 Å². The van der Waals surface area contributed by atoms with E-state index >= 15 is 0 Å². The monoisotopic (exact) mass is 257 g/mol.